The second-order valence-electron chi connectivity index (χ2n) is 7.34. The molecule has 3 aromatic rings. The van der Waals surface area contributed by atoms with E-state index < -0.39 is 33.6 Å². The summed E-state index contributed by atoms with van der Waals surface area (Å²) in [6.07, 6.45) is -4.66. The Bertz CT molecular complexity index is 1340. The van der Waals surface area contributed by atoms with Crippen LogP contribution in [0.3, 0.4) is 0 Å². The molecule has 0 aliphatic heterocycles. The van der Waals surface area contributed by atoms with Crippen LogP contribution in [0, 0.1) is 6.92 Å². The summed E-state index contributed by atoms with van der Waals surface area (Å²) in [7, 11) is -3.93. The topological polar surface area (TPSA) is 104 Å². The van der Waals surface area contributed by atoms with Gasteiger partial charge in [-0.2, -0.15) is 13.2 Å². The van der Waals surface area contributed by atoms with E-state index in [1.165, 1.54) is 31.2 Å². The van der Waals surface area contributed by atoms with Crippen LogP contribution in [-0.2, 0) is 21.0 Å². The number of anilines is 3. The van der Waals surface area contributed by atoms with Gasteiger partial charge in [0.1, 0.15) is 0 Å². The molecule has 0 aromatic heterocycles. The van der Waals surface area contributed by atoms with Crippen molar-refractivity contribution in [3.05, 3.63) is 83.4 Å². The summed E-state index contributed by atoms with van der Waals surface area (Å²) in [5, 5.41) is 4.69. The molecule has 11 heteroatoms. The number of hydrogen-bond acceptors (Lipinski definition) is 4. The van der Waals surface area contributed by atoms with E-state index in [0.29, 0.717) is 11.8 Å². The molecule has 0 aliphatic carbocycles. The highest BCUT2D eigenvalue weighted by Gasteiger charge is 2.31. The first kappa shape index (κ1) is 24.8. The number of benzene rings is 3. The Labute approximate surface area is 194 Å². The van der Waals surface area contributed by atoms with Gasteiger partial charge in [0.05, 0.1) is 27.5 Å². The van der Waals surface area contributed by atoms with E-state index in [9.17, 15) is 31.2 Å². The summed E-state index contributed by atoms with van der Waals surface area (Å²) < 4.78 is 67.0. The molecule has 0 aliphatic rings. The third-order valence-electron chi connectivity index (χ3n) is 4.72. The van der Waals surface area contributed by atoms with Crippen molar-refractivity contribution in [1.82, 2.24) is 0 Å². The number of para-hydroxylation sites is 1. The minimum Gasteiger partial charge on any atom is -0.325 e. The monoisotopic (exact) mass is 491 g/mol. The maximum atomic E-state index is 13.1. The molecule has 0 atom stereocenters. The SMILES string of the molecule is CC(=O)Nc1ccc(C(F)(F)F)cc1NC(=O)c1ccc(S(=O)(=O)Nc2ccccc2C)cc1. The lowest BCUT2D eigenvalue weighted by Gasteiger charge is -2.15. The first-order chi connectivity index (χ1) is 15.9. The predicted octanol–water partition coefficient (Wildman–Crippen LogP) is 5.03. The number of halogens is 3. The number of amides is 2. The van der Waals surface area contributed by atoms with Crippen molar-refractivity contribution in [1.29, 1.82) is 0 Å². The van der Waals surface area contributed by atoms with E-state index in [2.05, 4.69) is 15.4 Å². The number of carbonyl (C=O) groups excluding carboxylic acids is 2. The minimum atomic E-state index is -4.66. The van der Waals surface area contributed by atoms with E-state index in [0.717, 1.165) is 17.7 Å². The van der Waals surface area contributed by atoms with Crippen LogP contribution in [-0.4, -0.2) is 20.2 Å². The summed E-state index contributed by atoms with van der Waals surface area (Å²) in [4.78, 5) is 23.9. The number of rotatable bonds is 6. The third kappa shape index (κ3) is 5.93. The number of sulfonamides is 1. The van der Waals surface area contributed by atoms with Crippen LogP contribution in [0.4, 0.5) is 30.2 Å². The molecule has 0 heterocycles. The molecule has 7 nitrogen and oxygen atoms in total. The van der Waals surface area contributed by atoms with E-state index in [-0.39, 0.29) is 21.8 Å². The lowest BCUT2D eigenvalue weighted by atomic mass is 10.1. The molecule has 3 N–H and O–H groups in total. The van der Waals surface area contributed by atoms with Crippen LogP contribution >= 0.6 is 0 Å². The van der Waals surface area contributed by atoms with Crippen molar-refractivity contribution in [3.8, 4) is 0 Å². The van der Waals surface area contributed by atoms with Gasteiger partial charge in [0.15, 0.2) is 0 Å². The zero-order valence-electron chi connectivity index (χ0n) is 18.0. The van der Waals surface area contributed by atoms with Gasteiger partial charge in [-0.25, -0.2) is 8.42 Å². The second-order valence-corrected chi connectivity index (χ2v) is 9.02. The van der Waals surface area contributed by atoms with Crippen molar-refractivity contribution < 1.29 is 31.2 Å². The summed E-state index contributed by atoms with van der Waals surface area (Å²) >= 11 is 0. The van der Waals surface area contributed by atoms with Gasteiger partial charge < -0.3 is 10.6 Å². The fraction of sp³-hybridized carbons (Fsp3) is 0.130. The van der Waals surface area contributed by atoms with Gasteiger partial charge in [-0.3, -0.25) is 14.3 Å². The Hall–Kier alpha value is -3.86. The van der Waals surface area contributed by atoms with Gasteiger partial charge in [0.25, 0.3) is 15.9 Å². The summed E-state index contributed by atoms with van der Waals surface area (Å²) in [6.45, 7) is 2.92. The second kappa shape index (κ2) is 9.56. The van der Waals surface area contributed by atoms with Crippen molar-refractivity contribution in [2.24, 2.45) is 0 Å². The molecule has 0 radical (unpaired) electrons. The smallest absolute Gasteiger partial charge is 0.325 e. The molecular weight excluding hydrogens is 471 g/mol. The van der Waals surface area contributed by atoms with E-state index in [1.54, 1.807) is 31.2 Å². The van der Waals surface area contributed by atoms with Crippen LogP contribution in [0.1, 0.15) is 28.4 Å². The molecule has 0 spiro atoms. The van der Waals surface area contributed by atoms with Crippen LogP contribution in [0.5, 0.6) is 0 Å². The zero-order chi connectivity index (χ0) is 25.1. The van der Waals surface area contributed by atoms with Crippen LogP contribution in [0.25, 0.3) is 0 Å². The Morgan fingerprint density at radius 3 is 2.06 bits per heavy atom. The Morgan fingerprint density at radius 1 is 0.824 bits per heavy atom. The standard InChI is InChI=1S/C23H20F3N3O4S/c1-14-5-3-4-6-19(14)29-34(32,33)18-10-7-16(8-11-18)22(31)28-21-13-17(23(24,25)26)9-12-20(21)27-15(2)30/h3-13,29H,1-2H3,(H,27,30)(H,28,31). The number of carbonyl (C=O) groups is 2. The van der Waals surface area contributed by atoms with Crippen molar-refractivity contribution in [2.75, 3.05) is 15.4 Å². The predicted molar refractivity (Wildman–Crippen MR) is 122 cm³/mol. The minimum absolute atomic E-state index is 0.000952. The Kier molecular flexibility index (Phi) is 6.96. The molecule has 2 amide bonds. The number of alkyl halides is 3. The highest BCUT2D eigenvalue weighted by molar-refractivity contribution is 7.92. The highest BCUT2D eigenvalue weighted by atomic mass is 32.2. The number of aryl methyl sites for hydroxylation is 1. The first-order valence-electron chi connectivity index (χ1n) is 9.85. The van der Waals surface area contributed by atoms with Crippen molar-refractivity contribution in [3.63, 3.8) is 0 Å². The number of hydrogen-bond donors (Lipinski definition) is 3. The summed E-state index contributed by atoms with van der Waals surface area (Å²) in [6, 6.07) is 14.2. The molecular formula is C23H20F3N3O4S. The van der Waals surface area contributed by atoms with Crippen molar-refractivity contribution >= 4 is 38.9 Å². The average Bonchev–Trinajstić information content (AvgIpc) is 2.75. The molecule has 3 rings (SSSR count). The first-order valence-corrected chi connectivity index (χ1v) is 11.3. The van der Waals surface area contributed by atoms with Crippen LogP contribution < -0.4 is 15.4 Å². The van der Waals surface area contributed by atoms with E-state index in [1.807, 2.05) is 0 Å². The van der Waals surface area contributed by atoms with Gasteiger partial charge in [0.2, 0.25) is 5.91 Å². The zero-order valence-corrected chi connectivity index (χ0v) is 18.8. The molecule has 0 fully saturated rings. The van der Waals surface area contributed by atoms with Gasteiger partial charge in [0, 0.05) is 12.5 Å². The lowest BCUT2D eigenvalue weighted by molar-refractivity contribution is -0.137. The maximum Gasteiger partial charge on any atom is 0.416 e. The average molecular weight is 491 g/mol. The fourth-order valence-corrected chi connectivity index (χ4v) is 4.12. The lowest BCUT2D eigenvalue weighted by Crippen LogP contribution is -2.17. The van der Waals surface area contributed by atoms with E-state index >= 15 is 0 Å². The largest absolute Gasteiger partial charge is 0.416 e. The molecule has 0 unspecified atom stereocenters. The Morgan fingerprint density at radius 2 is 1.47 bits per heavy atom. The number of nitrogens with one attached hydrogen (secondary N) is 3. The van der Waals surface area contributed by atoms with Crippen LogP contribution in [0.2, 0.25) is 0 Å². The molecule has 178 valence electrons. The van der Waals surface area contributed by atoms with Gasteiger partial charge >= 0.3 is 6.18 Å². The normalized spacial score (nSPS) is 11.6. The van der Waals surface area contributed by atoms with Crippen molar-refractivity contribution in [2.45, 2.75) is 24.9 Å². The summed E-state index contributed by atoms with van der Waals surface area (Å²) in [5.74, 6) is -1.33. The molecule has 34 heavy (non-hydrogen) atoms. The molecule has 0 bridgehead atoms. The fourth-order valence-electron chi connectivity index (χ4n) is 2.99. The molecule has 0 saturated heterocycles. The van der Waals surface area contributed by atoms with Crippen LogP contribution in [0.15, 0.2) is 71.6 Å². The van der Waals surface area contributed by atoms with Gasteiger partial charge in [-0.15, -0.1) is 0 Å². The maximum absolute atomic E-state index is 13.1. The third-order valence-corrected chi connectivity index (χ3v) is 6.10. The summed E-state index contributed by atoms with van der Waals surface area (Å²) in [5.41, 5.74) is -0.164. The van der Waals surface area contributed by atoms with Gasteiger partial charge in [-0.05, 0) is 61.0 Å². The molecule has 3 aromatic carbocycles. The quantitative estimate of drug-likeness (QED) is 0.450. The molecule has 0 saturated carbocycles. The van der Waals surface area contributed by atoms with Gasteiger partial charge in [-0.1, -0.05) is 18.2 Å². The Balaban J connectivity index is 1.83. The highest BCUT2D eigenvalue weighted by Crippen LogP contribution is 2.34. The van der Waals surface area contributed by atoms with E-state index in [4.69, 9.17) is 0 Å².